The molecule has 0 radical (unpaired) electrons. The summed E-state index contributed by atoms with van der Waals surface area (Å²) in [7, 11) is 0. The number of allylic oxidation sites excluding steroid dienone is 13. The van der Waals surface area contributed by atoms with E-state index in [9.17, 15) is 15.0 Å². The normalized spacial score (nSPS) is 14.1. The van der Waals surface area contributed by atoms with Crippen LogP contribution in [-0.2, 0) is 4.79 Å². The van der Waals surface area contributed by atoms with Crippen molar-refractivity contribution in [3.8, 4) is 0 Å². The Morgan fingerprint density at radius 2 is 0.957 bits per heavy atom. The number of carbonyl (C=O) groups is 1. The molecule has 2 unspecified atom stereocenters. The highest BCUT2D eigenvalue weighted by Gasteiger charge is 2.17. The first-order valence-corrected chi connectivity index (χ1v) is 18.8. The van der Waals surface area contributed by atoms with Crippen LogP contribution in [0.15, 0.2) is 85.1 Å². The van der Waals surface area contributed by atoms with Crippen molar-refractivity contribution in [2.24, 2.45) is 0 Å². The molecule has 0 saturated carbocycles. The zero-order valence-electron chi connectivity index (χ0n) is 29.8. The van der Waals surface area contributed by atoms with Gasteiger partial charge in [-0.1, -0.05) is 163 Å². The molecule has 2 atom stereocenters. The van der Waals surface area contributed by atoms with Crippen LogP contribution < -0.4 is 5.32 Å². The number of hydrogen-bond donors (Lipinski definition) is 3. The summed E-state index contributed by atoms with van der Waals surface area (Å²) >= 11 is 0. The van der Waals surface area contributed by atoms with Gasteiger partial charge in [0.1, 0.15) is 0 Å². The maximum absolute atomic E-state index is 12.3. The minimum Gasteiger partial charge on any atom is -0.394 e. The predicted octanol–water partition coefficient (Wildman–Crippen LogP) is 11.3. The molecule has 0 heterocycles. The van der Waals surface area contributed by atoms with E-state index < -0.39 is 12.1 Å². The number of aliphatic hydroxyl groups excluding tert-OH is 2. The molecule has 0 spiro atoms. The van der Waals surface area contributed by atoms with Gasteiger partial charge in [0.25, 0.3) is 0 Å². The van der Waals surface area contributed by atoms with Crippen molar-refractivity contribution in [1.29, 1.82) is 0 Å². The third-order valence-corrected chi connectivity index (χ3v) is 7.88. The molecule has 4 nitrogen and oxygen atoms in total. The second kappa shape index (κ2) is 37.0. The summed E-state index contributed by atoms with van der Waals surface area (Å²) in [5.41, 5.74) is 0. The van der Waals surface area contributed by atoms with Gasteiger partial charge in [-0.15, -0.1) is 0 Å². The summed E-state index contributed by atoms with van der Waals surface area (Å²) in [6.45, 7) is 4.14. The Morgan fingerprint density at radius 1 is 0.543 bits per heavy atom. The van der Waals surface area contributed by atoms with Crippen molar-refractivity contribution in [3.05, 3.63) is 85.1 Å². The number of aliphatic hydroxyl groups is 2. The average Bonchev–Trinajstić information content (AvgIpc) is 3.06. The second-order valence-electron chi connectivity index (χ2n) is 12.3. The van der Waals surface area contributed by atoms with E-state index in [4.69, 9.17) is 0 Å². The Morgan fingerprint density at radius 3 is 1.43 bits per heavy atom. The molecule has 0 rings (SSSR count). The van der Waals surface area contributed by atoms with Gasteiger partial charge in [0, 0.05) is 6.42 Å². The summed E-state index contributed by atoms with van der Waals surface area (Å²) in [6, 6.07) is -0.639. The molecule has 0 aliphatic rings. The van der Waals surface area contributed by atoms with Gasteiger partial charge in [-0.05, 0) is 70.6 Å². The summed E-state index contributed by atoms with van der Waals surface area (Å²) in [5.74, 6) is -0.0950. The fourth-order valence-corrected chi connectivity index (χ4v) is 5.00. The molecule has 0 aliphatic heterocycles. The number of carbonyl (C=O) groups excluding carboxylic acids is 1. The molecule has 0 aliphatic carbocycles. The van der Waals surface area contributed by atoms with Crippen LogP contribution in [0.5, 0.6) is 0 Å². The second-order valence-corrected chi connectivity index (χ2v) is 12.3. The summed E-state index contributed by atoms with van der Waals surface area (Å²) in [4.78, 5) is 12.3. The van der Waals surface area contributed by atoms with E-state index in [-0.39, 0.29) is 12.5 Å². The molecule has 0 saturated heterocycles. The summed E-state index contributed by atoms with van der Waals surface area (Å²) < 4.78 is 0. The van der Waals surface area contributed by atoms with Gasteiger partial charge in [0.05, 0.1) is 18.8 Å². The standard InChI is InChI=1S/C42H71NO3/c1-3-5-7-9-11-13-15-16-17-18-19-20-21-22-23-24-25-26-28-30-32-34-36-38-42(46)43-40(39-44)41(45)37-35-33-31-29-27-14-12-10-8-6-4-2/h5,7,11,13,16-17,19-20,22-23,25-26,35,37,40-41,44-45H,3-4,6,8-10,12,14-15,18,21,24,27-34,36,38-39H2,1-2H3,(H,43,46)/b7-5-,13-11-,17-16-,20-19-,23-22-,26-25-,37-35+. The van der Waals surface area contributed by atoms with Crippen LogP contribution in [0.2, 0.25) is 0 Å². The highest BCUT2D eigenvalue weighted by atomic mass is 16.3. The van der Waals surface area contributed by atoms with Crippen LogP contribution in [0.1, 0.15) is 155 Å². The molecule has 0 aromatic rings. The van der Waals surface area contributed by atoms with E-state index in [1.54, 1.807) is 6.08 Å². The van der Waals surface area contributed by atoms with Gasteiger partial charge in [-0.3, -0.25) is 4.79 Å². The molecular formula is C42H71NO3. The van der Waals surface area contributed by atoms with E-state index in [1.165, 1.54) is 51.4 Å². The van der Waals surface area contributed by atoms with Gasteiger partial charge >= 0.3 is 0 Å². The van der Waals surface area contributed by atoms with Crippen LogP contribution in [0, 0.1) is 0 Å². The van der Waals surface area contributed by atoms with Gasteiger partial charge in [0.2, 0.25) is 5.91 Å². The van der Waals surface area contributed by atoms with Gasteiger partial charge in [0.15, 0.2) is 0 Å². The van der Waals surface area contributed by atoms with Crippen LogP contribution in [-0.4, -0.2) is 34.9 Å². The number of nitrogens with one attached hydrogen (secondary N) is 1. The minimum atomic E-state index is -0.853. The van der Waals surface area contributed by atoms with Crippen molar-refractivity contribution < 1.29 is 15.0 Å². The fourth-order valence-electron chi connectivity index (χ4n) is 5.00. The van der Waals surface area contributed by atoms with Crippen LogP contribution >= 0.6 is 0 Å². The van der Waals surface area contributed by atoms with Crippen molar-refractivity contribution >= 4 is 5.91 Å². The lowest BCUT2D eigenvalue weighted by molar-refractivity contribution is -0.123. The molecule has 3 N–H and O–H groups in total. The van der Waals surface area contributed by atoms with Crippen LogP contribution in [0.3, 0.4) is 0 Å². The number of unbranched alkanes of at least 4 members (excludes halogenated alkanes) is 13. The van der Waals surface area contributed by atoms with Crippen molar-refractivity contribution in [2.75, 3.05) is 6.61 Å². The number of hydrogen-bond acceptors (Lipinski definition) is 3. The quantitative estimate of drug-likeness (QED) is 0.0508. The Labute approximate surface area is 284 Å². The molecule has 262 valence electrons. The molecule has 0 fully saturated rings. The zero-order valence-corrected chi connectivity index (χ0v) is 29.8. The predicted molar refractivity (Wildman–Crippen MR) is 202 cm³/mol. The first-order chi connectivity index (χ1) is 22.7. The minimum absolute atomic E-state index is 0.0950. The topological polar surface area (TPSA) is 69.6 Å². The lowest BCUT2D eigenvalue weighted by Crippen LogP contribution is -2.45. The Hall–Kier alpha value is -2.43. The van der Waals surface area contributed by atoms with Crippen molar-refractivity contribution in [3.63, 3.8) is 0 Å². The third kappa shape index (κ3) is 32.9. The smallest absolute Gasteiger partial charge is 0.220 e. The Balaban J connectivity index is 3.74. The molecule has 46 heavy (non-hydrogen) atoms. The van der Waals surface area contributed by atoms with Crippen LogP contribution in [0.25, 0.3) is 0 Å². The van der Waals surface area contributed by atoms with Gasteiger partial charge < -0.3 is 15.5 Å². The highest BCUT2D eigenvalue weighted by molar-refractivity contribution is 5.76. The van der Waals surface area contributed by atoms with E-state index in [0.29, 0.717) is 6.42 Å². The van der Waals surface area contributed by atoms with E-state index in [1.807, 2.05) is 6.08 Å². The summed E-state index contributed by atoms with van der Waals surface area (Å²) in [6.07, 6.45) is 53.8. The average molecular weight is 638 g/mol. The fraction of sp³-hybridized carbons (Fsp3) is 0.643. The maximum Gasteiger partial charge on any atom is 0.220 e. The summed E-state index contributed by atoms with van der Waals surface area (Å²) in [5, 5.41) is 22.8. The van der Waals surface area contributed by atoms with Gasteiger partial charge in [-0.2, -0.15) is 0 Å². The third-order valence-electron chi connectivity index (χ3n) is 7.88. The molecule has 1 amide bonds. The van der Waals surface area contributed by atoms with E-state index in [2.05, 4.69) is 92.1 Å². The van der Waals surface area contributed by atoms with Crippen molar-refractivity contribution in [1.82, 2.24) is 5.32 Å². The molecule has 0 aromatic heterocycles. The van der Waals surface area contributed by atoms with Gasteiger partial charge in [-0.25, -0.2) is 0 Å². The molecular weight excluding hydrogens is 566 g/mol. The molecule has 4 heteroatoms. The van der Waals surface area contributed by atoms with Crippen LogP contribution in [0.4, 0.5) is 0 Å². The molecule has 0 aromatic carbocycles. The lowest BCUT2D eigenvalue weighted by atomic mass is 10.1. The SMILES string of the molecule is CC/C=C\C/C=C\C/C=C\C/C=C\C/C=C\C/C=C\CCCCCCC(=O)NC(CO)C(O)/C=C/CCCCCCCCCCC. The zero-order chi connectivity index (χ0) is 33.6. The first-order valence-electron chi connectivity index (χ1n) is 18.8. The Kier molecular flexibility index (Phi) is 35.1. The van der Waals surface area contributed by atoms with E-state index in [0.717, 1.165) is 83.5 Å². The number of amides is 1. The Bertz CT molecular complexity index is 864. The monoisotopic (exact) mass is 638 g/mol. The highest BCUT2D eigenvalue weighted by Crippen LogP contribution is 2.11. The maximum atomic E-state index is 12.3. The largest absolute Gasteiger partial charge is 0.394 e. The number of rotatable bonds is 32. The van der Waals surface area contributed by atoms with E-state index >= 15 is 0 Å². The lowest BCUT2D eigenvalue weighted by Gasteiger charge is -2.20. The molecule has 0 bridgehead atoms. The van der Waals surface area contributed by atoms with Crippen molar-refractivity contribution in [2.45, 2.75) is 167 Å². The first kappa shape index (κ1) is 43.6.